The second-order valence-electron chi connectivity index (χ2n) is 8.66. The lowest BCUT2D eigenvalue weighted by molar-refractivity contribution is -0.137. The fourth-order valence-corrected chi connectivity index (χ4v) is 4.18. The van der Waals surface area contributed by atoms with Gasteiger partial charge in [-0.2, -0.15) is 13.2 Å². The second kappa shape index (κ2) is 11.7. The molecule has 0 spiro atoms. The molecular formula is C23H27ClF3N5O4. The predicted octanol–water partition coefficient (Wildman–Crippen LogP) is 3.77. The summed E-state index contributed by atoms with van der Waals surface area (Å²) in [7, 11) is 1.51. The third-order valence-electron chi connectivity index (χ3n) is 5.86. The van der Waals surface area contributed by atoms with E-state index in [1.165, 1.54) is 13.4 Å². The van der Waals surface area contributed by atoms with Gasteiger partial charge in [0.25, 0.3) is 11.8 Å². The highest BCUT2D eigenvalue weighted by atomic mass is 35.5. The average Bonchev–Trinajstić information content (AvgIpc) is 3.31. The molecule has 1 atom stereocenters. The molecule has 36 heavy (non-hydrogen) atoms. The first-order chi connectivity index (χ1) is 17.0. The number of methoxy groups -OCH3 is 1. The summed E-state index contributed by atoms with van der Waals surface area (Å²) in [5.74, 6) is -1.89. The minimum Gasteiger partial charge on any atom is -0.383 e. The largest absolute Gasteiger partial charge is 0.416 e. The average molecular weight is 530 g/mol. The zero-order valence-corrected chi connectivity index (χ0v) is 20.4. The van der Waals surface area contributed by atoms with Crippen molar-refractivity contribution in [3.8, 4) is 0 Å². The van der Waals surface area contributed by atoms with Crippen LogP contribution in [-0.2, 0) is 15.7 Å². The maximum Gasteiger partial charge on any atom is 0.416 e. The molecule has 1 saturated carbocycles. The lowest BCUT2D eigenvalue weighted by Gasteiger charge is -2.28. The number of imidazole rings is 1. The number of ether oxygens (including phenoxy) is 1. The Kier molecular flexibility index (Phi) is 8.96. The molecule has 1 aromatic heterocycles. The Labute approximate surface area is 210 Å². The number of amides is 3. The molecule has 0 saturated heterocycles. The predicted molar refractivity (Wildman–Crippen MR) is 126 cm³/mol. The van der Waals surface area contributed by atoms with E-state index in [2.05, 4.69) is 25.9 Å². The minimum atomic E-state index is -4.56. The van der Waals surface area contributed by atoms with Crippen LogP contribution in [0.25, 0.3) is 0 Å². The molecule has 3 amide bonds. The summed E-state index contributed by atoms with van der Waals surface area (Å²) in [5, 5.41) is 8.04. The van der Waals surface area contributed by atoms with Gasteiger partial charge in [-0.15, -0.1) is 0 Å². The van der Waals surface area contributed by atoms with E-state index >= 15 is 0 Å². The number of nitrogens with zero attached hydrogens (tertiary/aromatic N) is 1. The van der Waals surface area contributed by atoms with Gasteiger partial charge in [-0.3, -0.25) is 14.4 Å². The molecule has 3 rings (SSSR count). The number of nitrogens with one attached hydrogen (secondary N) is 4. The van der Waals surface area contributed by atoms with E-state index < -0.39 is 35.4 Å². The van der Waals surface area contributed by atoms with Crippen LogP contribution >= 0.6 is 11.6 Å². The van der Waals surface area contributed by atoms with Gasteiger partial charge in [0.2, 0.25) is 5.91 Å². The van der Waals surface area contributed by atoms with Crippen LogP contribution in [0.3, 0.4) is 0 Å². The third kappa shape index (κ3) is 6.97. The Balaban J connectivity index is 1.54. The molecule has 1 aliphatic carbocycles. The van der Waals surface area contributed by atoms with E-state index in [4.69, 9.17) is 16.3 Å². The van der Waals surface area contributed by atoms with Gasteiger partial charge in [-0.25, -0.2) is 4.98 Å². The first-order valence-electron chi connectivity index (χ1n) is 11.3. The highest BCUT2D eigenvalue weighted by Crippen LogP contribution is 2.34. The van der Waals surface area contributed by atoms with Crippen LogP contribution in [-0.4, -0.2) is 53.5 Å². The van der Waals surface area contributed by atoms with Crippen LogP contribution in [0, 0.1) is 5.92 Å². The Morgan fingerprint density at radius 2 is 1.89 bits per heavy atom. The Morgan fingerprint density at radius 1 is 1.19 bits per heavy atom. The summed E-state index contributed by atoms with van der Waals surface area (Å²) in [6.07, 6.45) is -1.53. The highest BCUT2D eigenvalue weighted by Gasteiger charge is 2.32. The standard InChI is InChI=1S/C23H27ClF3N5O4/c1-12(10-36-2)30-21(34)18-19(29-11-28-18)22(35)31-15-6-3-13(4-7-15)20(33)32-17-9-14(23(25,26)27)5-8-16(17)24/h5,8-9,11-13,15H,3-4,6-7,10H2,1-2H3,(H,28,29)(H,30,34)(H,31,35)(H,32,33)/t12?,13-,15-. The molecule has 2 aromatic rings. The topological polar surface area (TPSA) is 125 Å². The number of anilines is 1. The number of aromatic amines is 1. The third-order valence-corrected chi connectivity index (χ3v) is 6.19. The number of benzene rings is 1. The van der Waals surface area contributed by atoms with Crippen molar-refractivity contribution in [3.05, 3.63) is 46.5 Å². The van der Waals surface area contributed by atoms with Crippen molar-refractivity contribution in [1.82, 2.24) is 20.6 Å². The van der Waals surface area contributed by atoms with Crippen molar-refractivity contribution < 1.29 is 32.3 Å². The van der Waals surface area contributed by atoms with E-state index in [1.54, 1.807) is 6.92 Å². The van der Waals surface area contributed by atoms with E-state index in [9.17, 15) is 27.6 Å². The van der Waals surface area contributed by atoms with Gasteiger partial charge >= 0.3 is 6.18 Å². The normalized spacial score (nSPS) is 18.8. The van der Waals surface area contributed by atoms with Gasteiger partial charge in [-0.05, 0) is 50.8 Å². The molecule has 196 valence electrons. The van der Waals surface area contributed by atoms with Crippen molar-refractivity contribution in [2.45, 2.75) is 50.9 Å². The van der Waals surface area contributed by atoms with Crippen LogP contribution in [0.1, 0.15) is 59.1 Å². The number of halogens is 4. The molecule has 1 unspecified atom stereocenters. The maximum absolute atomic E-state index is 13.0. The first-order valence-corrected chi connectivity index (χ1v) is 11.7. The molecule has 0 aliphatic heterocycles. The molecule has 4 N–H and O–H groups in total. The van der Waals surface area contributed by atoms with Gasteiger partial charge in [0, 0.05) is 25.1 Å². The number of alkyl halides is 3. The number of hydrogen-bond donors (Lipinski definition) is 4. The Bertz CT molecular complexity index is 1100. The van der Waals surface area contributed by atoms with E-state index in [0.29, 0.717) is 32.3 Å². The summed E-state index contributed by atoms with van der Waals surface area (Å²) in [4.78, 5) is 44.4. The molecular weight excluding hydrogens is 503 g/mol. The number of carbonyl (C=O) groups is 3. The molecule has 1 fully saturated rings. The zero-order valence-electron chi connectivity index (χ0n) is 19.7. The maximum atomic E-state index is 13.0. The number of hydrogen-bond acceptors (Lipinski definition) is 5. The summed E-state index contributed by atoms with van der Waals surface area (Å²) in [6, 6.07) is 2.23. The smallest absolute Gasteiger partial charge is 0.383 e. The SMILES string of the molecule is COCC(C)NC(=O)c1nc[nH]c1C(=O)N[C@H]1CC[C@H](C(=O)Nc2cc(C(F)(F)F)ccc2Cl)CC1. The van der Waals surface area contributed by atoms with E-state index in [1.807, 2.05) is 0 Å². The summed E-state index contributed by atoms with van der Waals surface area (Å²) >= 11 is 5.96. The molecule has 0 bridgehead atoms. The quantitative estimate of drug-likeness (QED) is 0.414. The number of rotatable bonds is 8. The summed E-state index contributed by atoms with van der Waals surface area (Å²) in [6.45, 7) is 2.05. The number of aromatic nitrogens is 2. The molecule has 9 nitrogen and oxygen atoms in total. The second-order valence-corrected chi connectivity index (χ2v) is 9.07. The number of carbonyl (C=O) groups excluding carboxylic acids is 3. The van der Waals surface area contributed by atoms with Crippen molar-refractivity contribution in [2.24, 2.45) is 5.92 Å². The Hall–Kier alpha value is -3.12. The van der Waals surface area contributed by atoms with Crippen molar-refractivity contribution in [3.63, 3.8) is 0 Å². The molecule has 1 aromatic carbocycles. The van der Waals surface area contributed by atoms with Crippen LogP contribution in [0.15, 0.2) is 24.5 Å². The van der Waals surface area contributed by atoms with Crippen LogP contribution in [0.4, 0.5) is 18.9 Å². The first kappa shape index (κ1) is 27.5. The highest BCUT2D eigenvalue weighted by molar-refractivity contribution is 6.33. The number of H-pyrrole nitrogens is 1. The monoisotopic (exact) mass is 529 g/mol. The van der Waals surface area contributed by atoms with Gasteiger partial charge in [0.1, 0.15) is 5.69 Å². The lowest BCUT2D eigenvalue weighted by Crippen LogP contribution is -2.41. The lowest BCUT2D eigenvalue weighted by atomic mass is 9.85. The zero-order chi connectivity index (χ0) is 26.5. The van der Waals surface area contributed by atoms with Gasteiger partial charge in [-0.1, -0.05) is 11.6 Å². The van der Waals surface area contributed by atoms with Crippen molar-refractivity contribution >= 4 is 35.0 Å². The van der Waals surface area contributed by atoms with Crippen molar-refractivity contribution in [1.29, 1.82) is 0 Å². The fourth-order valence-electron chi connectivity index (χ4n) is 4.01. The van der Waals surface area contributed by atoms with Gasteiger partial charge in [0.15, 0.2) is 5.69 Å². The van der Waals surface area contributed by atoms with Gasteiger partial charge in [0.05, 0.1) is 29.2 Å². The van der Waals surface area contributed by atoms with Gasteiger partial charge < -0.3 is 25.7 Å². The summed E-state index contributed by atoms with van der Waals surface area (Å²) < 4.78 is 43.9. The van der Waals surface area contributed by atoms with Crippen molar-refractivity contribution in [2.75, 3.05) is 19.0 Å². The summed E-state index contributed by atoms with van der Waals surface area (Å²) in [5.41, 5.74) is -1.02. The van der Waals surface area contributed by atoms with E-state index in [0.717, 1.165) is 18.2 Å². The Morgan fingerprint density at radius 3 is 2.53 bits per heavy atom. The van der Waals surface area contributed by atoms with Crippen LogP contribution in [0.5, 0.6) is 0 Å². The van der Waals surface area contributed by atoms with Crippen LogP contribution in [0.2, 0.25) is 5.02 Å². The molecule has 13 heteroatoms. The molecule has 0 radical (unpaired) electrons. The molecule has 1 aliphatic rings. The molecule has 1 heterocycles. The van der Waals surface area contributed by atoms with E-state index in [-0.39, 0.29) is 34.2 Å². The van der Waals surface area contributed by atoms with Crippen LogP contribution < -0.4 is 16.0 Å². The minimum absolute atomic E-state index is 0.00770. The fraction of sp³-hybridized carbons (Fsp3) is 0.478.